The van der Waals surface area contributed by atoms with Gasteiger partial charge in [-0.05, 0) is 80.3 Å². The largest absolute Gasteiger partial charge is 0.618 e. The molecule has 1 saturated heterocycles. The quantitative estimate of drug-likeness (QED) is 0.146. The van der Waals surface area contributed by atoms with Crippen molar-refractivity contribution >= 4 is 103 Å². The third-order valence-corrected chi connectivity index (χ3v) is 18.5. The van der Waals surface area contributed by atoms with E-state index in [2.05, 4.69) is 20.1 Å². The van der Waals surface area contributed by atoms with E-state index in [1.165, 1.54) is 31.6 Å². The highest BCUT2D eigenvalue weighted by molar-refractivity contribution is 8.06. The molecular weight excluding hydrogens is 719 g/mol. The number of nitrogens with one attached hydrogen (secondary N) is 2. The van der Waals surface area contributed by atoms with Gasteiger partial charge in [0.1, 0.15) is 20.0 Å². The second kappa shape index (κ2) is 11.8. The fourth-order valence-corrected chi connectivity index (χ4v) is 16.7. The molecule has 2 aromatic carbocycles. The molecule has 1 aliphatic rings. The summed E-state index contributed by atoms with van der Waals surface area (Å²) in [5.74, 6) is 0.597. The average molecular weight is 741 g/mol. The van der Waals surface area contributed by atoms with E-state index in [0.29, 0.717) is 21.6 Å². The molecule has 16 heteroatoms. The summed E-state index contributed by atoms with van der Waals surface area (Å²) in [5.41, 5.74) is 3.40. The van der Waals surface area contributed by atoms with Crippen LogP contribution in [-0.4, -0.2) is 19.9 Å². The maximum atomic E-state index is 15.6. The molecule has 0 spiro atoms. The molecule has 0 aliphatic carbocycles. The molecule has 0 radical (unpaired) electrons. The Morgan fingerprint density at radius 1 is 0.542 bits per heavy atom. The number of thiophene rings is 2. The number of rotatable bonds is 8. The monoisotopic (exact) mass is 740 g/mol. The Kier molecular flexibility index (Phi) is 7.37. The number of hydrogen-bond donors (Lipinski definition) is 2. The molecule has 1 aliphatic heterocycles. The summed E-state index contributed by atoms with van der Waals surface area (Å²) in [6.07, 6.45) is 3.20. The topological polar surface area (TPSA) is 128 Å². The maximum absolute atomic E-state index is 15.6. The van der Waals surface area contributed by atoms with Gasteiger partial charge in [0, 0.05) is 23.5 Å². The van der Waals surface area contributed by atoms with Crippen LogP contribution in [0.15, 0.2) is 120 Å². The molecule has 7 heterocycles. The van der Waals surface area contributed by atoms with E-state index in [1.807, 2.05) is 71.4 Å². The molecule has 0 saturated carbocycles. The highest BCUT2D eigenvalue weighted by Gasteiger charge is 2.78. The van der Waals surface area contributed by atoms with E-state index in [4.69, 9.17) is 9.97 Å². The lowest BCUT2D eigenvalue weighted by molar-refractivity contribution is -0.187. The first-order valence-corrected chi connectivity index (χ1v) is 21.2. The fraction of sp³-hybridized carbons (Fsp3) is 0. The van der Waals surface area contributed by atoms with Crippen molar-refractivity contribution in [3.63, 3.8) is 0 Å². The molecule has 2 N–H and O–H groups in total. The number of aromatic nitrogens is 4. The smallest absolute Gasteiger partial charge is 0.344 e. The summed E-state index contributed by atoms with van der Waals surface area (Å²) in [7, 11) is -7.87. The number of fused-ring (bicyclic) bond motifs is 2. The summed E-state index contributed by atoms with van der Waals surface area (Å²) < 4.78 is 4.94. The Bertz CT molecular complexity index is 2160. The van der Waals surface area contributed by atoms with Crippen molar-refractivity contribution in [1.29, 1.82) is 0 Å². The van der Waals surface area contributed by atoms with Crippen molar-refractivity contribution in [1.82, 2.24) is 19.9 Å². The van der Waals surface area contributed by atoms with Gasteiger partial charge < -0.3 is 9.79 Å². The lowest BCUT2D eigenvalue weighted by Gasteiger charge is -2.59. The molecule has 8 aromatic rings. The summed E-state index contributed by atoms with van der Waals surface area (Å²) in [5, 5.41) is 13.4. The highest BCUT2D eigenvalue weighted by Crippen LogP contribution is 2.90. The number of benzene rings is 2. The van der Waals surface area contributed by atoms with Crippen LogP contribution in [0.5, 0.6) is 0 Å². The predicted octanol–water partition coefficient (Wildman–Crippen LogP) is 8.78. The number of thiazole rings is 2. The maximum Gasteiger partial charge on any atom is 0.344 e. The lowest BCUT2D eigenvalue weighted by atomic mass is 10.3. The second-order valence-electron chi connectivity index (χ2n) is 10.6. The standard InChI is InChI=1S/C32H22N8O2P2S4/c41-43(37-31-21(15-19-45-31)29-35-23-9-1-3-11-25(23)47-29)39(27-13-5-7-17-33-27)44(42,40(43)28-14-6-8-18-34-28)38-32-22(16-20-46-32)30-36-24-10-2-4-12-26(24)48-30/h1-20H,(H,37,41)(H,38,42). The van der Waals surface area contributed by atoms with Gasteiger partial charge in [0.05, 0.1) is 20.4 Å². The SMILES string of the molecule is [O-][P+]1(Nc2sccc2-c2nc3ccccc3s2)N(c2ccccn2)[P+]([O-])(Nc2sccc2-c2nc3ccccc3s2)N1c1ccccn1. The van der Waals surface area contributed by atoms with Gasteiger partial charge in [-0.15, -0.1) is 45.3 Å². The zero-order chi connectivity index (χ0) is 32.3. The fourth-order valence-electron chi connectivity index (χ4n) is 5.51. The number of anilines is 4. The normalized spacial score (nSPS) is 19.1. The molecule has 9 rings (SSSR count). The van der Waals surface area contributed by atoms with Crippen molar-refractivity contribution < 1.29 is 9.79 Å². The Morgan fingerprint density at radius 3 is 1.40 bits per heavy atom. The molecule has 236 valence electrons. The molecule has 6 aromatic heterocycles. The van der Waals surface area contributed by atoms with Crippen molar-refractivity contribution in [3.05, 3.63) is 120 Å². The molecule has 0 amide bonds. The van der Waals surface area contributed by atoms with E-state index in [-0.39, 0.29) is 0 Å². The molecule has 1 fully saturated rings. The first-order valence-electron chi connectivity index (χ1n) is 14.6. The van der Waals surface area contributed by atoms with Crippen molar-refractivity contribution in [3.8, 4) is 21.1 Å². The minimum atomic E-state index is -3.93. The minimum Gasteiger partial charge on any atom is -0.618 e. The summed E-state index contributed by atoms with van der Waals surface area (Å²) in [4.78, 5) is 50.0. The van der Waals surface area contributed by atoms with Crippen LogP contribution in [0.3, 0.4) is 0 Å². The van der Waals surface area contributed by atoms with Crippen LogP contribution < -0.4 is 28.8 Å². The third kappa shape index (κ3) is 4.88. The van der Waals surface area contributed by atoms with Crippen LogP contribution in [0.4, 0.5) is 21.6 Å². The van der Waals surface area contributed by atoms with E-state index in [9.17, 15) is 0 Å². The van der Waals surface area contributed by atoms with Gasteiger partial charge in [-0.3, -0.25) is 0 Å². The van der Waals surface area contributed by atoms with Gasteiger partial charge in [0.15, 0.2) is 0 Å². The third-order valence-electron chi connectivity index (χ3n) is 7.61. The lowest BCUT2D eigenvalue weighted by Crippen LogP contribution is -2.64. The van der Waals surface area contributed by atoms with Crippen molar-refractivity contribution in [2.45, 2.75) is 0 Å². The predicted molar refractivity (Wildman–Crippen MR) is 200 cm³/mol. The van der Waals surface area contributed by atoms with E-state index >= 15 is 9.79 Å². The molecular formula is C32H22N8O2P2S4. The van der Waals surface area contributed by atoms with Gasteiger partial charge in [-0.1, -0.05) is 36.4 Å². The number of pyridine rings is 2. The highest BCUT2D eigenvalue weighted by atomic mass is 32.1. The van der Waals surface area contributed by atoms with Crippen molar-refractivity contribution in [2.75, 3.05) is 19.1 Å². The van der Waals surface area contributed by atoms with E-state index in [1.54, 1.807) is 71.5 Å². The summed E-state index contributed by atoms with van der Waals surface area (Å²) >= 11 is 5.94. The average Bonchev–Trinajstić information content (AvgIpc) is 3.91. The second-order valence-corrected chi connectivity index (χ2v) is 19.3. The van der Waals surface area contributed by atoms with Gasteiger partial charge in [0.25, 0.3) is 0 Å². The van der Waals surface area contributed by atoms with Gasteiger partial charge in [0.2, 0.25) is 11.6 Å². The Hall–Kier alpha value is -4.10. The summed E-state index contributed by atoms with van der Waals surface area (Å²) in [6, 6.07) is 30.4. The van der Waals surface area contributed by atoms with Crippen LogP contribution in [0.1, 0.15) is 0 Å². The Balaban J connectivity index is 1.16. The van der Waals surface area contributed by atoms with E-state index < -0.39 is 15.9 Å². The number of nitrogens with zero attached hydrogens (tertiary/aromatic N) is 6. The molecule has 48 heavy (non-hydrogen) atoms. The van der Waals surface area contributed by atoms with Crippen LogP contribution in [-0.2, 0) is 0 Å². The zero-order valence-electron chi connectivity index (χ0n) is 24.6. The molecule has 0 atom stereocenters. The van der Waals surface area contributed by atoms with Crippen LogP contribution in [0.25, 0.3) is 41.6 Å². The molecule has 0 bridgehead atoms. The first kappa shape index (κ1) is 30.0. The Labute approximate surface area is 291 Å². The van der Waals surface area contributed by atoms with Gasteiger partial charge >= 0.3 is 15.9 Å². The Morgan fingerprint density at radius 2 is 0.979 bits per heavy atom. The minimum absolute atomic E-state index is 0.299. The number of para-hydroxylation sites is 2. The van der Waals surface area contributed by atoms with Crippen LogP contribution in [0.2, 0.25) is 0 Å². The van der Waals surface area contributed by atoms with Crippen LogP contribution in [0, 0.1) is 0 Å². The zero-order valence-corrected chi connectivity index (χ0v) is 29.6. The van der Waals surface area contributed by atoms with E-state index in [0.717, 1.165) is 41.6 Å². The molecule has 10 nitrogen and oxygen atoms in total. The summed E-state index contributed by atoms with van der Waals surface area (Å²) in [6.45, 7) is 0. The van der Waals surface area contributed by atoms with Gasteiger partial charge in [-0.25, -0.2) is 30.1 Å². The van der Waals surface area contributed by atoms with Gasteiger partial charge in [-0.2, -0.15) is 0 Å². The van der Waals surface area contributed by atoms with Crippen LogP contribution >= 0.6 is 61.2 Å². The first-order chi connectivity index (χ1) is 23.5. The molecule has 0 unspecified atom stereocenters. The number of hydrogen-bond acceptors (Lipinski definition) is 14. The van der Waals surface area contributed by atoms with Crippen molar-refractivity contribution in [2.24, 2.45) is 0 Å².